The largest absolute Gasteiger partial charge is 0.269 e. The lowest BCUT2D eigenvalue weighted by Crippen LogP contribution is -2.29. The van der Waals surface area contributed by atoms with Gasteiger partial charge < -0.3 is 0 Å². The van der Waals surface area contributed by atoms with Crippen molar-refractivity contribution in [3.8, 4) is 0 Å². The van der Waals surface area contributed by atoms with E-state index in [2.05, 4.69) is 31.9 Å². The lowest BCUT2D eigenvalue weighted by molar-refractivity contribution is -0.119. The Bertz CT molecular complexity index is 529. The number of carbonyl (C=O) groups is 2. The fourth-order valence-corrected chi connectivity index (χ4v) is 2.99. The van der Waals surface area contributed by atoms with Crippen molar-refractivity contribution in [2.24, 2.45) is 0 Å². The van der Waals surface area contributed by atoms with Gasteiger partial charge in [0.25, 0.3) is 11.8 Å². The number of nitrogens with zero attached hydrogens (tertiary/aromatic N) is 1. The molecule has 0 aromatic heterocycles. The first-order chi connectivity index (χ1) is 8.67. The van der Waals surface area contributed by atoms with Crippen LogP contribution in [0.4, 0.5) is 5.69 Å². The smallest absolute Gasteiger partial charge is 0.258 e. The standard InChI is InChI=1S/C13H9Br2NO2/c14-7-10(8-15)9-1-3-11(4-2-9)16-12(17)5-6-13(16)18/h1-7H,8H2. The van der Waals surface area contributed by atoms with Gasteiger partial charge in [0.05, 0.1) is 5.69 Å². The molecule has 0 spiro atoms. The minimum Gasteiger partial charge on any atom is -0.269 e. The average molecular weight is 371 g/mol. The van der Waals surface area contributed by atoms with Gasteiger partial charge in [-0.05, 0) is 28.3 Å². The molecular weight excluding hydrogens is 362 g/mol. The molecule has 2 amide bonds. The van der Waals surface area contributed by atoms with E-state index in [1.54, 1.807) is 12.1 Å². The topological polar surface area (TPSA) is 37.4 Å². The van der Waals surface area contributed by atoms with E-state index in [4.69, 9.17) is 0 Å². The van der Waals surface area contributed by atoms with Gasteiger partial charge in [-0.2, -0.15) is 0 Å². The van der Waals surface area contributed by atoms with Crippen molar-refractivity contribution in [1.29, 1.82) is 0 Å². The van der Waals surface area contributed by atoms with Crippen molar-refractivity contribution in [3.05, 3.63) is 47.0 Å². The molecular formula is C13H9Br2NO2. The van der Waals surface area contributed by atoms with Gasteiger partial charge in [-0.1, -0.05) is 44.0 Å². The summed E-state index contributed by atoms with van der Waals surface area (Å²) in [6.45, 7) is 0. The molecule has 0 bridgehead atoms. The van der Waals surface area contributed by atoms with Gasteiger partial charge in [0.2, 0.25) is 0 Å². The number of halogens is 2. The molecule has 18 heavy (non-hydrogen) atoms. The summed E-state index contributed by atoms with van der Waals surface area (Å²) in [5, 5.41) is 0.723. The first-order valence-electron chi connectivity index (χ1n) is 5.19. The summed E-state index contributed by atoms with van der Waals surface area (Å²) in [5.41, 5.74) is 2.69. The number of rotatable bonds is 3. The van der Waals surface area contributed by atoms with Crippen LogP contribution in [0, 0.1) is 0 Å². The molecule has 1 aromatic rings. The molecule has 1 aliphatic heterocycles. The molecule has 1 aliphatic rings. The molecule has 0 unspecified atom stereocenters. The van der Waals surface area contributed by atoms with Gasteiger partial charge >= 0.3 is 0 Å². The number of allylic oxidation sites excluding steroid dienone is 1. The zero-order valence-electron chi connectivity index (χ0n) is 9.27. The van der Waals surface area contributed by atoms with E-state index in [1.807, 2.05) is 17.1 Å². The first-order valence-corrected chi connectivity index (χ1v) is 7.23. The average Bonchev–Trinajstić information content (AvgIpc) is 2.72. The number of benzene rings is 1. The molecule has 0 saturated carbocycles. The second kappa shape index (κ2) is 5.63. The van der Waals surface area contributed by atoms with Gasteiger partial charge in [-0.15, -0.1) is 0 Å². The molecule has 92 valence electrons. The van der Waals surface area contributed by atoms with Crippen LogP contribution in [0.5, 0.6) is 0 Å². The molecule has 0 N–H and O–H groups in total. The van der Waals surface area contributed by atoms with Crippen molar-refractivity contribution >= 4 is 54.9 Å². The summed E-state index contributed by atoms with van der Waals surface area (Å²) in [5.74, 6) is -0.603. The molecule has 5 heteroatoms. The Labute approximate surface area is 121 Å². The number of hydrogen-bond acceptors (Lipinski definition) is 2. The third-order valence-electron chi connectivity index (χ3n) is 2.58. The molecule has 0 atom stereocenters. The molecule has 0 radical (unpaired) electrons. The van der Waals surface area contributed by atoms with Gasteiger partial charge in [0, 0.05) is 17.5 Å². The molecule has 3 nitrogen and oxygen atoms in total. The number of imide groups is 1. The number of anilines is 1. The highest BCUT2D eigenvalue weighted by Gasteiger charge is 2.24. The van der Waals surface area contributed by atoms with Crippen LogP contribution in [-0.4, -0.2) is 17.1 Å². The molecule has 0 saturated heterocycles. The molecule has 1 heterocycles. The van der Waals surface area contributed by atoms with Crippen LogP contribution >= 0.6 is 31.9 Å². The lowest BCUT2D eigenvalue weighted by atomic mass is 10.1. The van der Waals surface area contributed by atoms with Crippen LogP contribution in [-0.2, 0) is 9.59 Å². The SMILES string of the molecule is O=C1C=CC(=O)N1c1ccc(C(=CBr)CBr)cc1. The van der Waals surface area contributed by atoms with Crippen molar-refractivity contribution in [2.75, 3.05) is 10.2 Å². The Balaban J connectivity index is 2.28. The van der Waals surface area contributed by atoms with E-state index in [-0.39, 0.29) is 11.8 Å². The summed E-state index contributed by atoms with van der Waals surface area (Å²) < 4.78 is 0. The Hall–Kier alpha value is -1.20. The van der Waals surface area contributed by atoms with E-state index < -0.39 is 0 Å². The summed E-state index contributed by atoms with van der Waals surface area (Å²) in [6, 6.07) is 7.28. The van der Waals surface area contributed by atoms with Crippen molar-refractivity contribution in [3.63, 3.8) is 0 Å². The summed E-state index contributed by atoms with van der Waals surface area (Å²) >= 11 is 6.69. The number of carbonyl (C=O) groups excluding carboxylic acids is 2. The zero-order valence-corrected chi connectivity index (χ0v) is 12.4. The quantitative estimate of drug-likeness (QED) is 0.605. The monoisotopic (exact) mass is 369 g/mol. The van der Waals surface area contributed by atoms with E-state index in [0.29, 0.717) is 5.69 Å². The summed E-state index contributed by atoms with van der Waals surface area (Å²) in [6.07, 6.45) is 2.55. The van der Waals surface area contributed by atoms with Gasteiger partial charge in [-0.3, -0.25) is 9.59 Å². The van der Waals surface area contributed by atoms with E-state index in [1.165, 1.54) is 12.2 Å². The van der Waals surface area contributed by atoms with Crippen LogP contribution in [0.3, 0.4) is 0 Å². The lowest BCUT2D eigenvalue weighted by Gasteiger charge is -2.14. The Morgan fingerprint density at radius 1 is 1.11 bits per heavy atom. The molecule has 1 aromatic carbocycles. The predicted octanol–water partition coefficient (Wildman–Crippen LogP) is 3.25. The maximum absolute atomic E-state index is 11.5. The maximum Gasteiger partial charge on any atom is 0.258 e. The minimum absolute atomic E-state index is 0.301. The Morgan fingerprint density at radius 3 is 2.11 bits per heavy atom. The Morgan fingerprint density at radius 2 is 1.67 bits per heavy atom. The Kier molecular flexibility index (Phi) is 4.14. The normalized spacial score (nSPS) is 15.7. The molecule has 2 rings (SSSR count). The number of alkyl halides is 1. The van der Waals surface area contributed by atoms with E-state index >= 15 is 0 Å². The third-order valence-corrected chi connectivity index (χ3v) is 3.74. The van der Waals surface area contributed by atoms with Crippen LogP contribution < -0.4 is 4.90 Å². The van der Waals surface area contributed by atoms with Gasteiger partial charge in [0.1, 0.15) is 0 Å². The minimum atomic E-state index is -0.301. The van der Waals surface area contributed by atoms with Crippen LogP contribution in [0.2, 0.25) is 0 Å². The van der Waals surface area contributed by atoms with Crippen LogP contribution in [0.25, 0.3) is 5.57 Å². The fraction of sp³-hybridized carbons (Fsp3) is 0.0769. The fourth-order valence-electron chi connectivity index (χ4n) is 1.65. The van der Waals surface area contributed by atoms with Crippen LogP contribution in [0.1, 0.15) is 5.56 Å². The highest BCUT2D eigenvalue weighted by molar-refractivity contribution is 9.11. The van der Waals surface area contributed by atoms with Gasteiger partial charge in [-0.25, -0.2) is 4.90 Å². The number of hydrogen-bond donors (Lipinski definition) is 0. The summed E-state index contributed by atoms with van der Waals surface area (Å²) in [4.78, 5) is 26.0. The van der Waals surface area contributed by atoms with Crippen LogP contribution in [0.15, 0.2) is 41.4 Å². The summed E-state index contributed by atoms with van der Waals surface area (Å²) in [7, 11) is 0. The molecule has 0 fully saturated rings. The van der Waals surface area contributed by atoms with Crippen molar-refractivity contribution in [2.45, 2.75) is 0 Å². The number of amides is 2. The van der Waals surface area contributed by atoms with E-state index in [0.717, 1.165) is 21.4 Å². The van der Waals surface area contributed by atoms with E-state index in [9.17, 15) is 9.59 Å². The second-order valence-corrected chi connectivity index (χ2v) is 4.68. The first kappa shape index (κ1) is 13.2. The van der Waals surface area contributed by atoms with Gasteiger partial charge in [0.15, 0.2) is 0 Å². The third kappa shape index (κ3) is 2.47. The maximum atomic E-state index is 11.5. The molecule has 0 aliphatic carbocycles. The predicted molar refractivity (Wildman–Crippen MR) is 78.8 cm³/mol. The second-order valence-electron chi connectivity index (χ2n) is 3.66. The van der Waals surface area contributed by atoms with Crippen molar-refractivity contribution < 1.29 is 9.59 Å². The highest BCUT2D eigenvalue weighted by Crippen LogP contribution is 2.24. The van der Waals surface area contributed by atoms with Crippen molar-refractivity contribution in [1.82, 2.24) is 0 Å². The highest BCUT2D eigenvalue weighted by atomic mass is 79.9. The zero-order chi connectivity index (χ0) is 13.1.